The first-order valence-corrected chi connectivity index (χ1v) is 8.39. The number of carbonyl (C=O) groups excluding carboxylic acids is 1. The zero-order valence-electron chi connectivity index (χ0n) is 13.3. The molecule has 2 heterocycles. The van der Waals surface area contributed by atoms with Crippen LogP contribution in [0.25, 0.3) is 0 Å². The Kier molecular flexibility index (Phi) is 4.98. The van der Waals surface area contributed by atoms with Gasteiger partial charge in [-0.25, -0.2) is 4.79 Å². The number of rotatable bonds is 5. The Balaban J connectivity index is 1.32. The molecule has 0 saturated carbocycles. The molecule has 1 amide bonds. The molecule has 2 aliphatic heterocycles. The minimum atomic E-state index is -0.306. The Bertz CT molecular complexity index is 477. The second-order valence-corrected chi connectivity index (χ2v) is 6.67. The molecule has 2 atom stereocenters. The van der Waals surface area contributed by atoms with E-state index in [0.717, 1.165) is 36.5 Å². The summed E-state index contributed by atoms with van der Waals surface area (Å²) in [5, 5.41) is 2.89. The van der Waals surface area contributed by atoms with Gasteiger partial charge in [0.1, 0.15) is 6.61 Å². The molecule has 2 aliphatic rings. The average molecular weight is 302 g/mol. The number of benzene rings is 1. The summed E-state index contributed by atoms with van der Waals surface area (Å²) in [7, 11) is 2.26. The van der Waals surface area contributed by atoms with Crippen LogP contribution in [0.15, 0.2) is 30.3 Å². The maximum Gasteiger partial charge on any atom is 0.407 e. The van der Waals surface area contributed by atoms with Gasteiger partial charge in [0, 0.05) is 18.6 Å². The lowest BCUT2D eigenvalue weighted by molar-refractivity contribution is 0.124. The molecule has 2 bridgehead atoms. The number of piperidine rings is 1. The largest absolute Gasteiger partial charge is 0.445 e. The summed E-state index contributed by atoms with van der Waals surface area (Å²) in [6.07, 6.45) is 6.04. The molecule has 22 heavy (non-hydrogen) atoms. The van der Waals surface area contributed by atoms with E-state index in [2.05, 4.69) is 17.3 Å². The third-order valence-electron chi connectivity index (χ3n) is 5.23. The molecule has 4 nitrogen and oxygen atoms in total. The van der Waals surface area contributed by atoms with Crippen LogP contribution in [0.5, 0.6) is 0 Å². The summed E-state index contributed by atoms with van der Waals surface area (Å²) >= 11 is 0. The van der Waals surface area contributed by atoms with Crippen molar-refractivity contribution in [3.63, 3.8) is 0 Å². The Labute approximate surface area is 132 Å². The zero-order chi connectivity index (χ0) is 15.4. The highest BCUT2D eigenvalue weighted by Gasteiger charge is 2.37. The molecule has 1 N–H and O–H groups in total. The Morgan fingerprint density at radius 2 is 1.91 bits per heavy atom. The van der Waals surface area contributed by atoms with Gasteiger partial charge in [0.2, 0.25) is 0 Å². The van der Waals surface area contributed by atoms with E-state index in [4.69, 9.17) is 4.74 Å². The zero-order valence-corrected chi connectivity index (χ0v) is 13.3. The molecule has 1 aromatic carbocycles. The van der Waals surface area contributed by atoms with E-state index in [0.29, 0.717) is 6.61 Å². The number of fused-ring (bicyclic) bond motifs is 2. The summed E-state index contributed by atoms with van der Waals surface area (Å²) < 4.78 is 5.23. The average Bonchev–Trinajstić information content (AvgIpc) is 2.76. The van der Waals surface area contributed by atoms with Crippen molar-refractivity contribution < 1.29 is 9.53 Å². The van der Waals surface area contributed by atoms with E-state index in [9.17, 15) is 4.79 Å². The predicted molar refractivity (Wildman–Crippen MR) is 86.5 cm³/mol. The Hall–Kier alpha value is -1.55. The van der Waals surface area contributed by atoms with E-state index >= 15 is 0 Å². The molecule has 1 aromatic rings. The summed E-state index contributed by atoms with van der Waals surface area (Å²) in [5.74, 6) is 0.753. The predicted octanol–water partition coefficient (Wildman–Crippen LogP) is 3.18. The number of carbonyl (C=O) groups is 1. The van der Waals surface area contributed by atoms with E-state index in [-0.39, 0.29) is 6.09 Å². The highest BCUT2D eigenvalue weighted by molar-refractivity contribution is 5.67. The second kappa shape index (κ2) is 7.14. The standard InChI is InChI=1S/C18H26N2O2/c1-20-16-7-8-17(20)12-15(11-16)9-10-19-18(21)22-13-14-5-3-2-4-6-14/h2-6,15-17H,7-13H2,1H3,(H,19,21). The van der Waals surface area contributed by atoms with Crippen molar-refractivity contribution in [2.24, 2.45) is 5.92 Å². The summed E-state index contributed by atoms with van der Waals surface area (Å²) in [6, 6.07) is 11.3. The lowest BCUT2D eigenvalue weighted by Crippen LogP contribution is -2.40. The van der Waals surface area contributed by atoms with Crippen molar-refractivity contribution in [3.05, 3.63) is 35.9 Å². The Morgan fingerprint density at radius 3 is 2.59 bits per heavy atom. The van der Waals surface area contributed by atoms with E-state index in [1.54, 1.807) is 0 Å². The van der Waals surface area contributed by atoms with Gasteiger partial charge in [-0.2, -0.15) is 0 Å². The number of hydrogen-bond donors (Lipinski definition) is 1. The van der Waals surface area contributed by atoms with Gasteiger partial charge in [-0.3, -0.25) is 0 Å². The van der Waals surface area contributed by atoms with Gasteiger partial charge < -0.3 is 15.0 Å². The lowest BCUT2D eigenvalue weighted by Gasteiger charge is -2.36. The molecule has 2 fully saturated rings. The molecule has 4 heteroatoms. The lowest BCUT2D eigenvalue weighted by atomic mass is 9.88. The van der Waals surface area contributed by atoms with Crippen LogP contribution in [0.1, 0.15) is 37.7 Å². The first-order valence-electron chi connectivity index (χ1n) is 8.39. The van der Waals surface area contributed by atoms with Crippen LogP contribution in [0.4, 0.5) is 4.79 Å². The van der Waals surface area contributed by atoms with Crippen molar-refractivity contribution in [2.45, 2.75) is 50.8 Å². The topological polar surface area (TPSA) is 41.6 Å². The SMILES string of the molecule is CN1C2CCC1CC(CCNC(=O)OCc1ccccc1)C2. The van der Waals surface area contributed by atoms with Crippen LogP contribution in [-0.4, -0.2) is 36.7 Å². The van der Waals surface area contributed by atoms with Gasteiger partial charge in [0.15, 0.2) is 0 Å². The summed E-state index contributed by atoms with van der Waals surface area (Å²) in [6.45, 7) is 1.06. The number of amides is 1. The molecular weight excluding hydrogens is 276 g/mol. The van der Waals surface area contributed by atoms with Crippen LogP contribution in [0.3, 0.4) is 0 Å². The Morgan fingerprint density at radius 1 is 1.23 bits per heavy atom. The summed E-state index contributed by atoms with van der Waals surface area (Å²) in [4.78, 5) is 14.3. The van der Waals surface area contributed by atoms with Crippen LogP contribution >= 0.6 is 0 Å². The van der Waals surface area contributed by atoms with Crippen molar-refractivity contribution >= 4 is 6.09 Å². The van der Waals surface area contributed by atoms with Crippen molar-refractivity contribution in [2.75, 3.05) is 13.6 Å². The molecule has 0 radical (unpaired) electrons. The second-order valence-electron chi connectivity index (χ2n) is 6.67. The molecule has 2 saturated heterocycles. The molecule has 0 aromatic heterocycles. The number of nitrogens with one attached hydrogen (secondary N) is 1. The molecular formula is C18H26N2O2. The number of nitrogens with zero attached hydrogens (tertiary/aromatic N) is 1. The smallest absolute Gasteiger partial charge is 0.407 e. The highest BCUT2D eigenvalue weighted by Crippen LogP contribution is 2.38. The quantitative estimate of drug-likeness (QED) is 0.908. The minimum Gasteiger partial charge on any atom is -0.445 e. The van der Waals surface area contributed by atoms with Crippen LogP contribution in [0.2, 0.25) is 0 Å². The molecule has 3 rings (SSSR count). The van der Waals surface area contributed by atoms with Gasteiger partial charge in [-0.15, -0.1) is 0 Å². The molecule has 0 aliphatic carbocycles. The monoisotopic (exact) mass is 302 g/mol. The van der Waals surface area contributed by atoms with Gasteiger partial charge >= 0.3 is 6.09 Å². The fourth-order valence-corrected chi connectivity index (χ4v) is 3.91. The first kappa shape index (κ1) is 15.3. The molecule has 120 valence electrons. The first-order chi connectivity index (χ1) is 10.7. The van der Waals surface area contributed by atoms with Gasteiger partial charge in [-0.1, -0.05) is 30.3 Å². The molecule has 2 unspecified atom stereocenters. The van der Waals surface area contributed by atoms with Gasteiger partial charge in [-0.05, 0) is 50.6 Å². The normalized spacial score (nSPS) is 27.6. The van der Waals surface area contributed by atoms with Crippen LogP contribution < -0.4 is 5.32 Å². The number of hydrogen-bond acceptors (Lipinski definition) is 3. The molecule has 0 spiro atoms. The fraction of sp³-hybridized carbons (Fsp3) is 0.611. The number of alkyl carbamates (subject to hydrolysis) is 1. The van der Waals surface area contributed by atoms with E-state index in [1.807, 2.05) is 30.3 Å². The van der Waals surface area contributed by atoms with Crippen molar-refractivity contribution in [1.82, 2.24) is 10.2 Å². The highest BCUT2D eigenvalue weighted by atomic mass is 16.5. The van der Waals surface area contributed by atoms with Crippen molar-refractivity contribution in [3.8, 4) is 0 Å². The minimum absolute atomic E-state index is 0.306. The van der Waals surface area contributed by atoms with E-state index in [1.165, 1.54) is 25.7 Å². The maximum atomic E-state index is 11.7. The fourth-order valence-electron chi connectivity index (χ4n) is 3.91. The van der Waals surface area contributed by atoms with Crippen LogP contribution in [0, 0.1) is 5.92 Å². The summed E-state index contributed by atoms with van der Waals surface area (Å²) in [5.41, 5.74) is 1.02. The number of ether oxygens (including phenoxy) is 1. The van der Waals surface area contributed by atoms with Crippen LogP contribution in [-0.2, 0) is 11.3 Å². The van der Waals surface area contributed by atoms with Gasteiger partial charge in [0.05, 0.1) is 0 Å². The van der Waals surface area contributed by atoms with Gasteiger partial charge in [0.25, 0.3) is 0 Å². The van der Waals surface area contributed by atoms with Crippen molar-refractivity contribution in [1.29, 1.82) is 0 Å². The van der Waals surface area contributed by atoms with E-state index < -0.39 is 0 Å². The maximum absolute atomic E-state index is 11.7. The third kappa shape index (κ3) is 3.80. The third-order valence-corrected chi connectivity index (χ3v) is 5.23.